The molecule has 4 heterocycles. The molecule has 0 atom stereocenters. The van der Waals surface area contributed by atoms with E-state index in [1.165, 1.54) is 6.33 Å². The molecule has 4 rings (SSSR count). The fourth-order valence-corrected chi connectivity index (χ4v) is 2.55. The number of carbonyl (C=O) groups excluding carboxylic acids is 1. The number of furan rings is 1. The van der Waals surface area contributed by atoms with Crippen molar-refractivity contribution in [3.05, 3.63) is 66.5 Å². The third kappa shape index (κ3) is 4.08. The zero-order valence-electron chi connectivity index (χ0n) is 16.3. The topological polar surface area (TPSA) is 112 Å². The van der Waals surface area contributed by atoms with E-state index in [0.717, 1.165) is 0 Å². The highest BCUT2D eigenvalue weighted by atomic mass is 16.5. The monoisotopic (exact) mass is 392 g/mol. The van der Waals surface area contributed by atoms with Gasteiger partial charge in [0.05, 0.1) is 18.4 Å². The third-order valence-corrected chi connectivity index (χ3v) is 4.17. The van der Waals surface area contributed by atoms with Gasteiger partial charge in [0.15, 0.2) is 5.82 Å². The van der Waals surface area contributed by atoms with Crippen LogP contribution in [0.5, 0.6) is 0 Å². The molecule has 4 aromatic rings. The Morgan fingerprint density at radius 3 is 2.72 bits per heavy atom. The van der Waals surface area contributed by atoms with Crippen molar-refractivity contribution < 1.29 is 13.7 Å². The highest BCUT2D eigenvalue weighted by molar-refractivity contribution is 5.92. The summed E-state index contributed by atoms with van der Waals surface area (Å²) in [5.74, 6) is 2.04. The lowest BCUT2D eigenvalue weighted by Gasteiger charge is -2.10. The van der Waals surface area contributed by atoms with E-state index in [1.54, 1.807) is 41.4 Å². The second-order valence-corrected chi connectivity index (χ2v) is 7.51. The molecule has 0 fully saturated rings. The van der Waals surface area contributed by atoms with Crippen LogP contribution in [0.1, 0.15) is 42.8 Å². The van der Waals surface area contributed by atoms with Gasteiger partial charge in [-0.1, -0.05) is 25.9 Å². The predicted molar refractivity (Wildman–Crippen MR) is 103 cm³/mol. The molecular weight excluding hydrogens is 372 g/mol. The summed E-state index contributed by atoms with van der Waals surface area (Å²) in [4.78, 5) is 25.2. The van der Waals surface area contributed by atoms with E-state index >= 15 is 0 Å². The number of amides is 1. The lowest BCUT2D eigenvalue weighted by atomic mass is 9.96. The number of aromatic nitrogens is 5. The molecule has 0 saturated heterocycles. The number of imidazole rings is 1. The van der Waals surface area contributed by atoms with E-state index in [-0.39, 0.29) is 17.0 Å². The Morgan fingerprint density at radius 1 is 1.21 bits per heavy atom. The predicted octanol–water partition coefficient (Wildman–Crippen LogP) is 3.14. The zero-order valence-corrected chi connectivity index (χ0v) is 16.3. The van der Waals surface area contributed by atoms with E-state index in [4.69, 9.17) is 8.94 Å². The van der Waals surface area contributed by atoms with Gasteiger partial charge >= 0.3 is 0 Å². The molecule has 0 unspecified atom stereocenters. The molecule has 0 aliphatic carbocycles. The average molecular weight is 392 g/mol. The fraction of sp³-hybridized carbons (Fsp3) is 0.250. The second-order valence-electron chi connectivity index (χ2n) is 7.51. The van der Waals surface area contributed by atoms with Crippen molar-refractivity contribution in [1.29, 1.82) is 0 Å². The van der Waals surface area contributed by atoms with Gasteiger partial charge in [0.1, 0.15) is 23.6 Å². The first kappa shape index (κ1) is 18.6. The van der Waals surface area contributed by atoms with Crippen LogP contribution in [0, 0.1) is 0 Å². The Bertz CT molecular complexity index is 1100. The first-order valence-electron chi connectivity index (χ1n) is 9.06. The summed E-state index contributed by atoms with van der Waals surface area (Å²) < 4.78 is 12.2. The first-order chi connectivity index (χ1) is 13.9. The van der Waals surface area contributed by atoms with Gasteiger partial charge in [0.2, 0.25) is 0 Å². The third-order valence-electron chi connectivity index (χ3n) is 4.17. The van der Waals surface area contributed by atoms with Crippen LogP contribution in [0.3, 0.4) is 0 Å². The Hall–Kier alpha value is -3.75. The number of rotatable bonds is 5. The molecular formula is C20H20N6O3. The minimum absolute atomic E-state index is 0.195. The number of pyridine rings is 1. The van der Waals surface area contributed by atoms with Crippen LogP contribution in [0.15, 0.2) is 58.2 Å². The molecule has 0 aromatic carbocycles. The van der Waals surface area contributed by atoms with E-state index in [0.29, 0.717) is 35.4 Å². The smallest absolute Gasteiger partial charge is 0.271 e. The Kier molecular flexibility index (Phi) is 4.71. The van der Waals surface area contributed by atoms with Crippen molar-refractivity contribution >= 4 is 5.91 Å². The number of carbonyl (C=O) groups is 1. The molecule has 0 aliphatic rings. The molecule has 1 N–H and O–H groups in total. The van der Waals surface area contributed by atoms with Crippen molar-refractivity contribution in [2.75, 3.05) is 0 Å². The fourth-order valence-electron chi connectivity index (χ4n) is 2.55. The van der Waals surface area contributed by atoms with Crippen LogP contribution in [0.4, 0.5) is 0 Å². The zero-order chi connectivity index (χ0) is 20.4. The molecule has 9 nitrogen and oxygen atoms in total. The molecule has 1 amide bonds. The van der Waals surface area contributed by atoms with E-state index < -0.39 is 0 Å². The van der Waals surface area contributed by atoms with Crippen LogP contribution in [-0.4, -0.2) is 30.6 Å². The van der Waals surface area contributed by atoms with Crippen molar-refractivity contribution in [2.24, 2.45) is 0 Å². The quantitative estimate of drug-likeness (QED) is 0.555. The summed E-state index contributed by atoms with van der Waals surface area (Å²) in [6, 6.07) is 7.18. The SMILES string of the molecule is CC(C)(C)c1noc(-c2ccc(-n3cnc(C(=O)NCc4ccco4)c3)nc2)n1. The molecule has 29 heavy (non-hydrogen) atoms. The van der Waals surface area contributed by atoms with E-state index in [9.17, 15) is 4.79 Å². The number of hydrogen-bond acceptors (Lipinski definition) is 7. The summed E-state index contributed by atoms with van der Waals surface area (Å²) in [5, 5.41) is 6.78. The molecule has 0 spiro atoms. The van der Waals surface area contributed by atoms with E-state index in [2.05, 4.69) is 25.4 Å². The molecule has 0 saturated carbocycles. The molecule has 9 heteroatoms. The summed E-state index contributed by atoms with van der Waals surface area (Å²) >= 11 is 0. The summed E-state index contributed by atoms with van der Waals surface area (Å²) in [6.45, 7) is 6.35. The molecule has 4 aromatic heterocycles. The highest BCUT2D eigenvalue weighted by Gasteiger charge is 2.21. The van der Waals surface area contributed by atoms with Gasteiger partial charge in [-0.25, -0.2) is 9.97 Å². The minimum atomic E-state index is -0.294. The minimum Gasteiger partial charge on any atom is -0.467 e. The second kappa shape index (κ2) is 7.34. The Morgan fingerprint density at radius 2 is 2.07 bits per heavy atom. The van der Waals surface area contributed by atoms with E-state index in [1.807, 2.05) is 26.8 Å². The average Bonchev–Trinajstić information content (AvgIpc) is 3.47. The Balaban J connectivity index is 1.45. The lowest BCUT2D eigenvalue weighted by molar-refractivity contribution is 0.0943. The number of nitrogens with one attached hydrogen (secondary N) is 1. The van der Waals surface area contributed by atoms with Gasteiger partial charge in [-0.2, -0.15) is 4.98 Å². The van der Waals surface area contributed by atoms with Gasteiger partial charge in [-0.15, -0.1) is 0 Å². The molecule has 148 valence electrons. The van der Waals surface area contributed by atoms with Crippen molar-refractivity contribution in [1.82, 2.24) is 30.0 Å². The maximum absolute atomic E-state index is 12.2. The van der Waals surface area contributed by atoms with Gasteiger partial charge in [-0.05, 0) is 24.3 Å². The first-order valence-corrected chi connectivity index (χ1v) is 9.06. The summed E-state index contributed by atoms with van der Waals surface area (Å²) in [6.07, 6.45) is 6.35. The van der Waals surface area contributed by atoms with Gasteiger partial charge in [0, 0.05) is 17.8 Å². The van der Waals surface area contributed by atoms with Crippen LogP contribution < -0.4 is 5.32 Å². The maximum atomic E-state index is 12.2. The standard InChI is InChI=1S/C20H20N6O3/c1-20(2,3)19-24-18(29-25-19)13-6-7-16(21-9-13)26-11-15(23-12-26)17(27)22-10-14-5-4-8-28-14/h4-9,11-12H,10H2,1-3H3,(H,22,27). The van der Waals surface area contributed by atoms with Crippen molar-refractivity contribution in [3.8, 4) is 17.3 Å². The summed E-state index contributed by atoms with van der Waals surface area (Å²) in [5.41, 5.74) is 0.808. The Labute approximate surface area is 166 Å². The molecule has 0 radical (unpaired) electrons. The largest absolute Gasteiger partial charge is 0.467 e. The summed E-state index contributed by atoms with van der Waals surface area (Å²) in [7, 11) is 0. The molecule has 0 bridgehead atoms. The highest BCUT2D eigenvalue weighted by Crippen LogP contribution is 2.23. The maximum Gasteiger partial charge on any atom is 0.271 e. The van der Waals surface area contributed by atoms with Crippen LogP contribution in [0.25, 0.3) is 17.3 Å². The van der Waals surface area contributed by atoms with Gasteiger partial charge in [0.25, 0.3) is 11.8 Å². The van der Waals surface area contributed by atoms with Crippen molar-refractivity contribution in [3.63, 3.8) is 0 Å². The van der Waals surface area contributed by atoms with Gasteiger partial charge in [-0.3, -0.25) is 9.36 Å². The number of nitrogens with zero attached hydrogens (tertiary/aromatic N) is 5. The van der Waals surface area contributed by atoms with Crippen LogP contribution >= 0.6 is 0 Å². The van der Waals surface area contributed by atoms with Crippen LogP contribution in [-0.2, 0) is 12.0 Å². The van der Waals surface area contributed by atoms with Gasteiger partial charge < -0.3 is 14.3 Å². The number of hydrogen-bond donors (Lipinski definition) is 1. The lowest BCUT2D eigenvalue weighted by Crippen LogP contribution is -2.22. The normalized spacial score (nSPS) is 11.6. The molecule has 0 aliphatic heterocycles. The van der Waals surface area contributed by atoms with Crippen LogP contribution in [0.2, 0.25) is 0 Å². The van der Waals surface area contributed by atoms with Crippen molar-refractivity contribution in [2.45, 2.75) is 32.7 Å².